The summed E-state index contributed by atoms with van der Waals surface area (Å²) in [5, 5.41) is 0. The molecule has 0 heterocycles. The van der Waals surface area contributed by atoms with Gasteiger partial charge < -0.3 is 0 Å². The van der Waals surface area contributed by atoms with E-state index in [1.54, 1.807) is 5.56 Å². The van der Waals surface area contributed by atoms with Gasteiger partial charge in [-0.1, -0.05) is 31.2 Å². The van der Waals surface area contributed by atoms with Crippen molar-refractivity contribution in [1.82, 2.24) is 0 Å². The van der Waals surface area contributed by atoms with Crippen molar-refractivity contribution in [3.63, 3.8) is 0 Å². The van der Waals surface area contributed by atoms with Crippen LogP contribution in [0.25, 0.3) is 0 Å². The highest BCUT2D eigenvalue weighted by atomic mass is 14.5. The summed E-state index contributed by atoms with van der Waals surface area (Å²) in [7, 11) is 0. The average Bonchev–Trinajstić information content (AvgIpc) is 3.07. The molecule has 0 spiro atoms. The molecule has 2 aliphatic carbocycles. The minimum atomic E-state index is 0.875. The van der Waals surface area contributed by atoms with Gasteiger partial charge in [0.25, 0.3) is 0 Å². The molecule has 0 aromatic heterocycles. The third-order valence-electron chi connectivity index (χ3n) is 4.40. The Bertz CT molecular complexity index is 336. The first-order chi connectivity index (χ1) is 7.36. The van der Waals surface area contributed by atoms with Crippen molar-refractivity contribution in [2.24, 2.45) is 11.8 Å². The first kappa shape index (κ1) is 9.45. The second-order valence-electron chi connectivity index (χ2n) is 5.36. The van der Waals surface area contributed by atoms with Crippen LogP contribution in [0.3, 0.4) is 0 Å². The number of fused-ring (bicyclic) bond motifs is 1. The van der Waals surface area contributed by atoms with Gasteiger partial charge in [0.2, 0.25) is 0 Å². The molecule has 0 nitrogen and oxygen atoms in total. The lowest BCUT2D eigenvalue weighted by Crippen LogP contribution is -2.06. The van der Waals surface area contributed by atoms with Crippen LogP contribution in [0.5, 0.6) is 0 Å². The van der Waals surface area contributed by atoms with Crippen LogP contribution in [0.4, 0.5) is 0 Å². The normalized spacial score (nSPS) is 33.5. The average molecular weight is 200 g/mol. The molecule has 3 rings (SSSR count). The second kappa shape index (κ2) is 3.66. The van der Waals surface area contributed by atoms with E-state index in [9.17, 15) is 0 Å². The maximum absolute atomic E-state index is 2.37. The monoisotopic (exact) mass is 200 g/mol. The molecular formula is C15H20. The van der Waals surface area contributed by atoms with Crippen molar-refractivity contribution < 1.29 is 0 Å². The lowest BCUT2D eigenvalue weighted by Gasteiger charge is -2.21. The Hall–Kier alpha value is -0.780. The lowest BCUT2D eigenvalue weighted by molar-refractivity contribution is 0.423. The highest BCUT2D eigenvalue weighted by molar-refractivity contribution is 5.26. The summed E-state index contributed by atoms with van der Waals surface area (Å²) < 4.78 is 0. The summed E-state index contributed by atoms with van der Waals surface area (Å²) in [6.07, 6.45) is 7.09. The number of hydrogen-bond acceptors (Lipinski definition) is 0. The van der Waals surface area contributed by atoms with Gasteiger partial charge in [-0.15, -0.1) is 0 Å². The molecule has 1 aromatic rings. The van der Waals surface area contributed by atoms with E-state index in [0.717, 1.165) is 24.2 Å². The van der Waals surface area contributed by atoms with Crippen LogP contribution >= 0.6 is 0 Å². The third kappa shape index (κ3) is 1.82. The van der Waals surface area contributed by atoms with Crippen molar-refractivity contribution in [2.45, 2.75) is 44.9 Å². The zero-order valence-corrected chi connectivity index (χ0v) is 9.58. The van der Waals surface area contributed by atoms with Gasteiger partial charge in [-0.3, -0.25) is 0 Å². The fourth-order valence-corrected chi connectivity index (χ4v) is 3.18. The van der Waals surface area contributed by atoms with Crippen LogP contribution in [0, 0.1) is 11.8 Å². The standard InChI is InChI=1S/C15H20/c1-2-11-3-5-12(6-4-11)13-7-8-14-10-15(14)9-13/h3-6,13-15H,2,7-10H2,1H3. The van der Waals surface area contributed by atoms with Gasteiger partial charge in [-0.05, 0) is 61.0 Å². The molecule has 0 amide bonds. The van der Waals surface area contributed by atoms with Gasteiger partial charge in [0.1, 0.15) is 0 Å². The van der Waals surface area contributed by atoms with E-state index < -0.39 is 0 Å². The van der Waals surface area contributed by atoms with E-state index >= 15 is 0 Å². The molecule has 3 atom stereocenters. The summed E-state index contributed by atoms with van der Waals surface area (Å²) in [6, 6.07) is 9.36. The molecule has 1 aromatic carbocycles. The summed E-state index contributed by atoms with van der Waals surface area (Å²) in [4.78, 5) is 0. The summed E-state index contributed by atoms with van der Waals surface area (Å²) >= 11 is 0. The SMILES string of the molecule is CCc1ccc(C2CCC3CC3C2)cc1. The Morgan fingerprint density at radius 3 is 2.47 bits per heavy atom. The fourth-order valence-electron chi connectivity index (χ4n) is 3.18. The lowest BCUT2D eigenvalue weighted by atomic mass is 9.84. The van der Waals surface area contributed by atoms with Crippen LogP contribution in [-0.4, -0.2) is 0 Å². The van der Waals surface area contributed by atoms with E-state index in [1.807, 2.05) is 0 Å². The molecule has 3 unspecified atom stereocenters. The molecule has 2 aliphatic rings. The van der Waals surface area contributed by atoms with Crippen LogP contribution in [-0.2, 0) is 6.42 Å². The molecule has 2 fully saturated rings. The van der Waals surface area contributed by atoms with Crippen molar-refractivity contribution in [1.29, 1.82) is 0 Å². The number of rotatable bonds is 2. The third-order valence-corrected chi connectivity index (χ3v) is 4.40. The maximum atomic E-state index is 2.37. The zero-order chi connectivity index (χ0) is 10.3. The summed E-state index contributed by atoms with van der Waals surface area (Å²) in [5.74, 6) is 3.09. The Kier molecular flexibility index (Phi) is 2.31. The van der Waals surface area contributed by atoms with Gasteiger partial charge in [0, 0.05) is 0 Å². The largest absolute Gasteiger partial charge is 0.0613 e. The molecule has 2 saturated carbocycles. The second-order valence-corrected chi connectivity index (χ2v) is 5.36. The smallest absolute Gasteiger partial charge is 0.0159 e. The molecule has 80 valence electrons. The van der Waals surface area contributed by atoms with Crippen molar-refractivity contribution in [3.05, 3.63) is 35.4 Å². The molecule has 0 N–H and O–H groups in total. The predicted molar refractivity (Wildman–Crippen MR) is 64.0 cm³/mol. The molecule has 0 aliphatic heterocycles. The maximum Gasteiger partial charge on any atom is -0.0159 e. The summed E-state index contributed by atoms with van der Waals surface area (Å²) in [6.45, 7) is 2.23. The quantitative estimate of drug-likeness (QED) is 0.672. The highest BCUT2D eigenvalue weighted by Gasteiger charge is 2.42. The number of aryl methyl sites for hydroxylation is 1. The fraction of sp³-hybridized carbons (Fsp3) is 0.600. The predicted octanol–water partition coefficient (Wildman–Crippen LogP) is 4.15. The van der Waals surface area contributed by atoms with E-state index in [0.29, 0.717) is 0 Å². The topological polar surface area (TPSA) is 0 Å². The highest BCUT2D eigenvalue weighted by Crippen LogP contribution is 2.53. The first-order valence-corrected chi connectivity index (χ1v) is 6.45. The molecule has 0 heteroatoms. The van der Waals surface area contributed by atoms with E-state index in [1.165, 1.54) is 31.2 Å². The van der Waals surface area contributed by atoms with Gasteiger partial charge in [-0.25, -0.2) is 0 Å². The van der Waals surface area contributed by atoms with Gasteiger partial charge in [-0.2, -0.15) is 0 Å². The Morgan fingerprint density at radius 2 is 1.80 bits per heavy atom. The van der Waals surface area contributed by atoms with Gasteiger partial charge in [0.05, 0.1) is 0 Å². The van der Waals surface area contributed by atoms with Crippen molar-refractivity contribution in [2.75, 3.05) is 0 Å². The van der Waals surface area contributed by atoms with E-state index in [2.05, 4.69) is 31.2 Å². The number of benzene rings is 1. The Balaban J connectivity index is 1.74. The minimum Gasteiger partial charge on any atom is -0.0613 e. The Morgan fingerprint density at radius 1 is 1.00 bits per heavy atom. The zero-order valence-electron chi connectivity index (χ0n) is 9.58. The van der Waals surface area contributed by atoms with Crippen molar-refractivity contribution in [3.8, 4) is 0 Å². The molecule has 0 saturated heterocycles. The van der Waals surface area contributed by atoms with E-state index in [-0.39, 0.29) is 0 Å². The van der Waals surface area contributed by atoms with Crippen LogP contribution in [0.1, 0.15) is 49.7 Å². The van der Waals surface area contributed by atoms with E-state index in [4.69, 9.17) is 0 Å². The number of hydrogen-bond donors (Lipinski definition) is 0. The summed E-state index contributed by atoms with van der Waals surface area (Å²) in [5.41, 5.74) is 3.07. The van der Waals surface area contributed by atoms with Crippen LogP contribution in [0.15, 0.2) is 24.3 Å². The molecular weight excluding hydrogens is 180 g/mol. The van der Waals surface area contributed by atoms with Crippen molar-refractivity contribution >= 4 is 0 Å². The molecule has 0 radical (unpaired) electrons. The van der Waals surface area contributed by atoms with Crippen LogP contribution < -0.4 is 0 Å². The van der Waals surface area contributed by atoms with Gasteiger partial charge in [0.15, 0.2) is 0 Å². The minimum absolute atomic E-state index is 0.875. The first-order valence-electron chi connectivity index (χ1n) is 6.45. The van der Waals surface area contributed by atoms with Crippen LogP contribution in [0.2, 0.25) is 0 Å². The molecule has 15 heavy (non-hydrogen) atoms. The van der Waals surface area contributed by atoms with Gasteiger partial charge >= 0.3 is 0 Å². The Labute approximate surface area is 92.7 Å². The molecule has 0 bridgehead atoms.